The average Bonchev–Trinajstić information content (AvgIpc) is 2.85. The molecule has 3 aromatic rings. The molecule has 4 rings (SSSR count). The number of aromatic hydroxyl groups is 1. The first kappa shape index (κ1) is 24.7. The van der Waals surface area contributed by atoms with Gasteiger partial charge in [-0.1, -0.05) is 32.0 Å². The number of phenols is 1. The van der Waals surface area contributed by atoms with Crippen molar-refractivity contribution in [2.45, 2.75) is 40.2 Å². The summed E-state index contributed by atoms with van der Waals surface area (Å²) in [6.45, 7) is 10.1. The number of hydrogen-bond acceptors (Lipinski definition) is 6. The zero-order chi connectivity index (χ0) is 24.9. The minimum Gasteiger partial charge on any atom is -0.507 e. The maximum atomic E-state index is 11.5. The van der Waals surface area contributed by atoms with Crippen LogP contribution in [0.25, 0.3) is 11.3 Å². The number of nitrogens with two attached hydrogens (primary N) is 1. The molecule has 7 heteroatoms. The molecule has 2 heterocycles. The molecule has 0 saturated carbocycles. The number of carbonyl (C=O) groups excluding carboxylic acids is 1. The Morgan fingerprint density at radius 2 is 1.80 bits per heavy atom. The molecule has 184 valence electrons. The minimum absolute atomic E-state index is 0.0574. The molecule has 1 saturated heterocycles. The fourth-order valence-electron chi connectivity index (χ4n) is 4.55. The van der Waals surface area contributed by atoms with Crippen molar-refractivity contribution in [2.75, 3.05) is 26.3 Å². The number of rotatable bonds is 8. The van der Waals surface area contributed by atoms with Gasteiger partial charge in [0.15, 0.2) is 0 Å². The Morgan fingerprint density at radius 3 is 2.40 bits per heavy atom. The Morgan fingerprint density at radius 1 is 1.11 bits per heavy atom. The maximum absolute atomic E-state index is 11.5. The molecule has 1 fully saturated rings. The number of hydrogen-bond donors (Lipinski definition) is 2. The highest BCUT2D eigenvalue weighted by atomic mass is 16.5. The van der Waals surface area contributed by atoms with Crippen molar-refractivity contribution in [1.29, 1.82) is 0 Å². The molecule has 0 radical (unpaired) electrons. The Balaban J connectivity index is 1.81. The van der Waals surface area contributed by atoms with E-state index < -0.39 is 5.91 Å². The fourth-order valence-corrected chi connectivity index (χ4v) is 4.55. The number of primary amides is 1. The number of carbonyl (C=O) groups is 1. The Kier molecular flexibility index (Phi) is 7.68. The lowest BCUT2D eigenvalue weighted by atomic mass is 9.94. The summed E-state index contributed by atoms with van der Waals surface area (Å²) in [5.74, 6) is 0.206. The van der Waals surface area contributed by atoms with Crippen LogP contribution >= 0.6 is 0 Å². The van der Waals surface area contributed by atoms with Crippen molar-refractivity contribution < 1.29 is 19.4 Å². The van der Waals surface area contributed by atoms with Gasteiger partial charge in [0.2, 0.25) is 0 Å². The van der Waals surface area contributed by atoms with Crippen LogP contribution in [-0.4, -0.2) is 47.2 Å². The lowest BCUT2D eigenvalue weighted by Crippen LogP contribution is -2.36. The van der Waals surface area contributed by atoms with Gasteiger partial charge < -0.3 is 20.3 Å². The molecule has 0 spiro atoms. The molecule has 35 heavy (non-hydrogen) atoms. The van der Waals surface area contributed by atoms with Crippen LogP contribution in [0.3, 0.4) is 0 Å². The molecule has 1 amide bonds. The first-order valence-electron chi connectivity index (χ1n) is 12.1. The van der Waals surface area contributed by atoms with Gasteiger partial charge in [0.05, 0.1) is 24.5 Å². The highest BCUT2D eigenvalue weighted by molar-refractivity contribution is 5.95. The second-order valence-corrected chi connectivity index (χ2v) is 8.76. The van der Waals surface area contributed by atoms with Crippen LogP contribution in [0, 0.1) is 6.92 Å². The summed E-state index contributed by atoms with van der Waals surface area (Å²) in [7, 11) is 0. The van der Waals surface area contributed by atoms with Crippen molar-refractivity contribution in [3.8, 4) is 28.5 Å². The van der Waals surface area contributed by atoms with Gasteiger partial charge in [0.25, 0.3) is 5.91 Å². The highest BCUT2D eigenvalue weighted by Gasteiger charge is 2.20. The van der Waals surface area contributed by atoms with Gasteiger partial charge in [0.1, 0.15) is 17.2 Å². The van der Waals surface area contributed by atoms with E-state index in [-0.39, 0.29) is 11.3 Å². The molecule has 0 aliphatic carbocycles. The van der Waals surface area contributed by atoms with Crippen molar-refractivity contribution >= 4 is 5.91 Å². The van der Waals surface area contributed by atoms with E-state index in [4.69, 9.17) is 20.2 Å². The van der Waals surface area contributed by atoms with Crippen LogP contribution in [0.4, 0.5) is 0 Å². The lowest BCUT2D eigenvalue weighted by Gasteiger charge is -2.28. The van der Waals surface area contributed by atoms with Crippen LogP contribution in [0.15, 0.2) is 42.5 Å². The third-order valence-corrected chi connectivity index (χ3v) is 6.49. The number of amides is 1. The summed E-state index contributed by atoms with van der Waals surface area (Å²) in [6, 6.07) is 12.9. The molecule has 2 aromatic carbocycles. The van der Waals surface area contributed by atoms with Gasteiger partial charge in [-0.15, -0.1) is 0 Å². The minimum atomic E-state index is -0.688. The van der Waals surface area contributed by atoms with Crippen molar-refractivity contribution in [3.63, 3.8) is 0 Å². The van der Waals surface area contributed by atoms with Crippen LogP contribution in [-0.2, 0) is 24.1 Å². The number of nitrogens with zero attached hydrogens (tertiary/aromatic N) is 2. The highest BCUT2D eigenvalue weighted by Crippen LogP contribution is 2.36. The van der Waals surface area contributed by atoms with Crippen LogP contribution in [0.1, 0.15) is 46.6 Å². The van der Waals surface area contributed by atoms with Crippen LogP contribution < -0.4 is 10.5 Å². The van der Waals surface area contributed by atoms with E-state index >= 15 is 0 Å². The zero-order valence-electron chi connectivity index (χ0n) is 20.6. The second kappa shape index (κ2) is 10.9. The van der Waals surface area contributed by atoms with E-state index in [1.165, 1.54) is 23.3 Å². The summed E-state index contributed by atoms with van der Waals surface area (Å²) in [5.41, 5.74) is 11.8. The predicted octanol–water partition coefficient (Wildman–Crippen LogP) is 4.61. The molecule has 1 aromatic heterocycles. The molecule has 7 nitrogen and oxygen atoms in total. The number of aromatic nitrogens is 1. The zero-order valence-corrected chi connectivity index (χ0v) is 20.6. The first-order chi connectivity index (χ1) is 16.9. The van der Waals surface area contributed by atoms with E-state index in [0.717, 1.165) is 48.4 Å². The van der Waals surface area contributed by atoms with Gasteiger partial charge in [-0.2, -0.15) is 0 Å². The second-order valence-electron chi connectivity index (χ2n) is 8.76. The number of ether oxygens (including phenoxy) is 2. The summed E-state index contributed by atoms with van der Waals surface area (Å²) in [5, 5.41) is 10.3. The number of aryl methyl sites for hydroxylation is 3. The summed E-state index contributed by atoms with van der Waals surface area (Å²) < 4.78 is 11.9. The third kappa shape index (κ3) is 5.47. The topological polar surface area (TPSA) is 97.9 Å². The SMILES string of the molecule is CCc1cccc(CC)c1-c1cc(Oc2ccc(C(N)=O)c(O)c2)c(CN2CCOCC2)c(C)n1. The van der Waals surface area contributed by atoms with E-state index in [0.29, 0.717) is 31.3 Å². The average molecular weight is 476 g/mol. The number of pyridine rings is 1. The molecular weight excluding hydrogens is 442 g/mol. The molecule has 0 unspecified atom stereocenters. The van der Waals surface area contributed by atoms with Crippen LogP contribution in [0.5, 0.6) is 17.2 Å². The van der Waals surface area contributed by atoms with Gasteiger partial charge in [-0.05, 0) is 43.0 Å². The van der Waals surface area contributed by atoms with Crippen molar-refractivity contribution in [2.24, 2.45) is 5.73 Å². The molecule has 3 N–H and O–H groups in total. The third-order valence-electron chi connectivity index (χ3n) is 6.49. The fraction of sp³-hybridized carbons (Fsp3) is 0.357. The normalized spacial score (nSPS) is 14.1. The molecule has 0 atom stereocenters. The van der Waals surface area contributed by atoms with Crippen molar-refractivity contribution in [3.05, 3.63) is 70.4 Å². The van der Waals surface area contributed by atoms with Gasteiger partial charge >= 0.3 is 0 Å². The number of morpholine rings is 1. The summed E-state index contributed by atoms with van der Waals surface area (Å²) in [6.07, 6.45) is 1.80. The molecule has 1 aliphatic heterocycles. The Labute approximate surface area is 206 Å². The van der Waals surface area contributed by atoms with Crippen LogP contribution in [0.2, 0.25) is 0 Å². The monoisotopic (exact) mass is 475 g/mol. The summed E-state index contributed by atoms with van der Waals surface area (Å²) >= 11 is 0. The van der Waals surface area contributed by atoms with Gasteiger partial charge in [-0.25, -0.2) is 0 Å². The van der Waals surface area contributed by atoms with E-state index in [2.05, 4.69) is 36.9 Å². The first-order valence-corrected chi connectivity index (χ1v) is 12.1. The Hall–Kier alpha value is -3.42. The van der Waals surface area contributed by atoms with E-state index in [1.54, 1.807) is 6.07 Å². The summed E-state index contributed by atoms with van der Waals surface area (Å²) in [4.78, 5) is 18.9. The van der Waals surface area contributed by atoms with Gasteiger partial charge in [0, 0.05) is 48.6 Å². The molecule has 1 aliphatic rings. The largest absolute Gasteiger partial charge is 0.507 e. The van der Waals surface area contributed by atoms with E-state index in [1.807, 2.05) is 13.0 Å². The van der Waals surface area contributed by atoms with Gasteiger partial charge in [-0.3, -0.25) is 14.7 Å². The lowest BCUT2D eigenvalue weighted by molar-refractivity contribution is 0.0338. The standard InChI is InChI=1S/C28H33N3O4/c1-4-19-7-6-8-20(5-2)27(19)24-16-26(35-21-9-10-22(28(29)33)25(32)15-21)23(18(3)30-24)17-31-11-13-34-14-12-31/h6-10,15-16,32H,4-5,11-14,17H2,1-3H3,(H2,29,33). The predicted molar refractivity (Wildman–Crippen MR) is 136 cm³/mol. The quantitative estimate of drug-likeness (QED) is 0.494. The molecular formula is C28H33N3O4. The number of benzene rings is 2. The molecule has 0 bridgehead atoms. The van der Waals surface area contributed by atoms with E-state index in [9.17, 15) is 9.90 Å². The smallest absolute Gasteiger partial charge is 0.252 e. The van der Waals surface area contributed by atoms with Crippen molar-refractivity contribution in [1.82, 2.24) is 9.88 Å². The maximum Gasteiger partial charge on any atom is 0.252 e. The Bertz CT molecular complexity index is 1200.